The van der Waals surface area contributed by atoms with Crippen LogP contribution in [0.15, 0.2) is 29.1 Å². The van der Waals surface area contributed by atoms with Crippen LogP contribution in [-0.4, -0.2) is 64.8 Å². The Hall–Kier alpha value is -2.45. The van der Waals surface area contributed by atoms with Crippen LogP contribution in [0.25, 0.3) is 11.0 Å². The molecule has 1 saturated carbocycles. The molecule has 1 aromatic carbocycles. The number of nitrogens with two attached hydrogens (primary N) is 1. The number of fused-ring (bicyclic) bond motifs is 1. The van der Waals surface area contributed by atoms with E-state index in [1.165, 1.54) is 44.9 Å². The van der Waals surface area contributed by atoms with Crippen molar-refractivity contribution >= 4 is 23.3 Å². The summed E-state index contributed by atoms with van der Waals surface area (Å²) in [7, 11) is 0. The average Bonchev–Trinajstić information content (AvgIpc) is 2.89. The Balaban J connectivity index is 0.000000448. The SMILES string of the molecule is CC(C)(C)OC=O.NC1CCN(c2nc3ccccc3n(C3CCN(C4CCCCCCC4)CC3)c2=O)CC1. The summed E-state index contributed by atoms with van der Waals surface area (Å²) in [5, 5.41) is 0. The number of piperidine rings is 2. The monoisotopic (exact) mass is 539 g/mol. The summed E-state index contributed by atoms with van der Waals surface area (Å²) in [4.78, 5) is 33.1. The molecule has 2 aromatic rings. The van der Waals surface area contributed by atoms with Crippen molar-refractivity contribution in [3.8, 4) is 0 Å². The second kappa shape index (κ2) is 13.8. The molecule has 1 aromatic heterocycles. The summed E-state index contributed by atoms with van der Waals surface area (Å²) >= 11 is 0. The summed E-state index contributed by atoms with van der Waals surface area (Å²) in [6, 6.07) is 9.42. The number of carbonyl (C=O) groups is 1. The lowest BCUT2D eigenvalue weighted by Gasteiger charge is -2.39. The minimum absolute atomic E-state index is 0.0866. The second-order valence-corrected chi connectivity index (χ2v) is 12.5. The summed E-state index contributed by atoms with van der Waals surface area (Å²) in [6.07, 6.45) is 13.6. The molecular formula is C31H49N5O3. The Morgan fingerprint density at radius 2 is 1.49 bits per heavy atom. The van der Waals surface area contributed by atoms with Crippen molar-refractivity contribution in [2.45, 2.75) is 115 Å². The molecule has 0 amide bonds. The van der Waals surface area contributed by atoms with Crippen molar-refractivity contribution in [1.82, 2.24) is 14.5 Å². The Kier molecular flexibility index (Phi) is 10.4. The van der Waals surface area contributed by atoms with E-state index in [0.717, 1.165) is 68.9 Å². The van der Waals surface area contributed by atoms with Crippen LogP contribution >= 0.6 is 0 Å². The molecule has 3 heterocycles. The Bertz CT molecular complexity index is 1100. The molecule has 216 valence electrons. The summed E-state index contributed by atoms with van der Waals surface area (Å²) < 4.78 is 6.63. The zero-order valence-corrected chi connectivity index (χ0v) is 24.3. The molecular weight excluding hydrogens is 490 g/mol. The molecule has 2 saturated heterocycles. The number of ether oxygens (including phenoxy) is 1. The van der Waals surface area contributed by atoms with Crippen molar-refractivity contribution < 1.29 is 9.53 Å². The van der Waals surface area contributed by atoms with Crippen molar-refractivity contribution in [3.63, 3.8) is 0 Å². The highest BCUT2D eigenvalue weighted by Crippen LogP contribution is 2.30. The minimum Gasteiger partial charge on any atom is -0.462 e. The largest absolute Gasteiger partial charge is 0.462 e. The first-order valence-corrected chi connectivity index (χ1v) is 15.1. The van der Waals surface area contributed by atoms with Gasteiger partial charge in [0.25, 0.3) is 12.0 Å². The Morgan fingerprint density at radius 3 is 2.08 bits per heavy atom. The molecule has 3 fully saturated rings. The van der Waals surface area contributed by atoms with Crippen LogP contribution in [-0.2, 0) is 9.53 Å². The van der Waals surface area contributed by atoms with Gasteiger partial charge in [0.1, 0.15) is 5.60 Å². The molecule has 0 bridgehead atoms. The van der Waals surface area contributed by atoms with Gasteiger partial charge in [0, 0.05) is 44.3 Å². The number of rotatable bonds is 4. The van der Waals surface area contributed by atoms with Gasteiger partial charge >= 0.3 is 0 Å². The first kappa shape index (κ1) is 29.5. The molecule has 39 heavy (non-hydrogen) atoms. The van der Waals surface area contributed by atoms with E-state index < -0.39 is 0 Å². The second-order valence-electron chi connectivity index (χ2n) is 12.5. The molecule has 8 nitrogen and oxygen atoms in total. The maximum absolute atomic E-state index is 13.7. The zero-order chi connectivity index (χ0) is 27.8. The van der Waals surface area contributed by atoms with Crippen LogP contribution in [0.5, 0.6) is 0 Å². The molecule has 0 unspecified atom stereocenters. The fraction of sp³-hybridized carbons (Fsp3) is 0.710. The molecule has 5 rings (SSSR count). The molecule has 0 spiro atoms. The molecule has 0 atom stereocenters. The van der Waals surface area contributed by atoms with Crippen LogP contribution in [0.2, 0.25) is 0 Å². The fourth-order valence-electron chi connectivity index (χ4n) is 6.27. The van der Waals surface area contributed by atoms with E-state index in [4.69, 9.17) is 10.7 Å². The lowest BCUT2D eigenvalue weighted by atomic mass is 9.93. The van der Waals surface area contributed by atoms with Crippen molar-refractivity contribution in [3.05, 3.63) is 34.6 Å². The van der Waals surface area contributed by atoms with Crippen molar-refractivity contribution in [1.29, 1.82) is 0 Å². The number of nitrogens with zero attached hydrogens (tertiary/aromatic N) is 4. The summed E-state index contributed by atoms with van der Waals surface area (Å²) in [5.74, 6) is 0.623. The van der Waals surface area contributed by atoms with Gasteiger partial charge in [-0.05, 0) is 71.4 Å². The highest BCUT2D eigenvalue weighted by molar-refractivity contribution is 5.76. The van der Waals surface area contributed by atoms with Crippen LogP contribution in [0.1, 0.15) is 97.4 Å². The quantitative estimate of drug-likeness (QED) is 0.545. The van der Waals surface area contributed by atoms with E-state index in [1.54, 1.807) is 0 Å². The summed E-state index contributed by atoms with van der Waals surface area (Å²) in [6.45, 7) is 9.77. The Labute approximate surface area is 233 Å². The zero-order valence-electron chi connectivity index (χ0n) is 24.3. The van der Waals surface area contributed by atoms with Gasteiger partial charge in [-0.15, -0.1) is 0 Å². The number of likely N-dealkylation sites (tertiary alicyclic amines) is 1. The molecule has 2 N–H and O–H groups in total. The van der Waals surface area contributed by atoms with Crippen LogP contribution in [0.4, 0.5) is 5.82 Å². The van der Waals surface area contributed by atoms with Crippen LogP contribution in [0, 0.1) is 0 Å². The number of hydrogen-bond donors (Lipinski definition) is 1. The third-order valence-electron chi connectivity index (χ3n) is 8.47. The van der Waals surface area contributed by atoms with Gasteiger partial charge in [-0.3, -0.25) is 9.59 Å². The van der Waals surface area contributed by atoms with Crippen LogP contribution < -0.4 is 16.2 Å². The van der Waals surface area contributed by atoms with Gasteiger partial charge in [0.05, 0.1) is 11.0 Å². The third kappa shape index (κ3) is 8.04. The topological polar surface area (TPSA) is 93.7 Å². The number of anilines is 1. The molecule has 2 aliphatic heterocycles. The predicted molar refractivity (Wildman–Crippen MR) is 158 cm³/mol. The Morgan fingerprint density at radius 1 is 0.872 bits per heavy atom. The van der Waals surface area contributed by atoms with E-state index in [1.807, 2.05) is 39.0 Å². The van der Waals surface area contributed by atoms with Gasteiger partial charge in [-0.1, -0.05) is 44.2 Å². The lowest BCUT2D eigenvalue weighted by molar-refractivity contribution is -0.138. The number of carbonyl (C=O) groups excluding carboxylic acids is 1. The first-order chi connectivity index (χ1) is 18.8. The van der Waals surface area contributed by atoms with E-state index >= 15 is 0 Å². The molecule has 8 heteroatoms. The smallest absolute Gasteiger partial charge is 0.294 e. The van der Waals surface area contributed by atoms with Crippen molar-refractivity contribution in [2.24, 2.45) is 5.73 Å². The van der Waals surface area contributed by atoms with Gasteiger partial charge < -0.3 is 24.8 Å². The maximum atomic E-state index is 13.7. The van der Waals surface area contributed by atoms with Gasteiger partial charge in [0.15, 0.2) is 5.82 Å². The maximum Gasteiger partial charge on any atom is 0.294 e. The predicted octanol–water partition coefficient (Wildman–Crippen LogP) is 5.03. The number of hydrogen-bond acceptors (Lipinski definition) is 7. The molecule has 1 aliphatic carbocycles. The third-order valence-corrected chi connectivity index (χ3v) is 8.47. The first-order valence-electron chi connectivity index (χ1n) is 15.1. The fourth-order valence-corrected chi connectivity index (χ4v) is 6.27. The number of aromatic nitrogens is 2. The highest BCUT2D eigenvalue weighted by atomic mass is 16.5. The molecule has 0 radical (unpaired) electrons. The lowest BCUT2D eigenvalue weighted by Crippen LogP contribution is -2.45. The van der Waals surface area contributed by atoms with E-state index in [-0.39, 0.29) is 23.2 Å². The standard InChI is InChI=1S/C26H39N5O.C5H10O2/c27-20-12-16-30(17-13-20)25-26(32)31(24-11-7-6-10-23(24)28-25)22-14-18-29(19-15-22)21-8-4-2-1-3-5-9-21;1-5(2,3)7-4-6/h6-7,10-11,20-22H,1-5,8-9,12-19,27H2;4H,1-3H3. The van der Waals surface area contributed by atoms with E-state index in [0.29, 0.717) is 12.3 Å². The average molecular weight is 540 g/mol. The normalized spacial score (nSPS) is 21.1. The highest BCUT2D eigenvalue weighted by Gasteiger charge is 2.29. The summed E-state index contributed by atoms with van der Waals surface area (Å²) in [5.41, 5.74) is 7.79. The van der Waals surface area contributed by atoms with E-state index in [9.17, 15) is 9.59 Å². The van der Waals surface area contributed by atoms with Gasteiger partial charge in [0.2, 0.25) is 0 Å². The van der Waals surface area contributed by atoms with E-state index in [2.05, 4.69) is 25.2 Å². The molecule has 3 aliphatic rings. The van der Waals surface area contributed by atoms with Gasteiger partial charge in [-0.25, -0.2) is 4.98 Å². The minimum atomic E-state index is -0.318. The number of benzene rings is 1. The van der Waals surface area contributed by atoms with Crippen LogP contribution in [0.3, 0.4) is 0 Å². The number of para-hydroxylation sites is 2. The van der Waals surface area contributed by atoms with Gasteiger partial charge in [-0.2, -0.15) is 0 Å². The van der Waals surface area contributed by atoms with Crippen molar-refractivity contribution in [2.75, 3.05) is 31.1 Å².